The topological polar surface area (TPSA) is 77.7 Å². The number of furan rings is 1. The molecule has 1 aliphatic heterocycles. The van der Waals surface area contributed by atoms with Gasteiger partial charge in [-0.05, 0) is 26.2 Å². The highest BCUT2D eigenvalue weighted by Crippen LogP contribution is 2.18. The summed E-state index contributed by atoms with van der Waals surface area (Å²) in [6.45, 7) is 3.33. The Balaban J connectivity index is 1.49. The maximum atomic E-state index is 12.5. The van der Waals surface area contributed by atoms with Crippen molar-refractivity contribution >= 4 is 11.8 Å². The van der Waals surface area contributed by atoms with Crippen LogP contribution in [0.15, 0.2) is 41.4 Å². The summed E-state index contributed by atoms with van der Waals surface area (Å²) >= 11 is 0. The summed E-state index contributed by atoms with van der Waals surface area (Å²) < 4.78 is 5.47. The maximum absolute atomic E-state index is 12.5. The third kappa shape index (κ3) is 4.27. The van der Waals surface area contributed by atoms with Crippen molar-refractivity contribution in [3.05, 3.63) is 42.7 Å². The first-order chi connectivity index (χ1) is 12.1. The first-order valence-corrected chi connectivity index (χ1v) is 8.38. The standard InChI is InChI=1S/C17H24N6O2/c1-21(2)14(15-4-3-11-25-15)12-20-17(24)23-9-7-22(8-10-23)16-13-18-5-6-19-16/h3-6,11,13-14H,7-10,12H2,1-2H3,(H,20,24)/t14-/m0/s1. The van der Waals surface area contributed by atoms with Gasteiger partial charge in [0, 0.05) is 45.1 Å². The van der Waals surface area contributed by atoms with Crippen molar-refractivity contribution in [1.29, 1.82) is 0 Å². The minimum absolute atomic E-state index is 0.0137. The van der Waals surface area contributed by atoms with Gasteiger partial charge in [0.15, 0.2) is 0 Å². The number of aromatic nitrogens is 2. The molecule has 1 aliphatic rings. The molecule has 0 radical (unpaired) electrons. The minimum Gasteiger partial charge on any atom is -0.468 e. The van der Waals surface area contributed by atoms with Gasteiger partial charge >= 0.3 is 6.03 Å². The summed E-state index contributed by atoms with van der Waals surface area (Å²) in [6.07, 6.45) is 6.75. The van der Waals surface area contributed by atoms with E-state index in [0.717, 1.165) is 24.7 Å². The number of hydrogen-bond donors (Lipinski definition) is 1. The molecule has 1 atom stereocenters. The van der Waals surface area contributed by atoms with E-state index in [4.69, 9.17) is 4.42 Å². The van der Waals surface area contributed by atoms with E-state index in [0.29, 0.717) is 19.6 Å². The van der Waals surface area contributed by atoms with Crippen molar-refractivity contribution in [1.82, 2.24) is 25.1 Å². The fourth-order valence-electron chi connectivity index (χ4n) is 2.91. The van der Waals surface area contributed by atoms with Crippen molar-refractivity contribution in [3.8, 4) is 0 Å². The highest BCUT2D eigenvalue weighted by molar-refractivity contribution is 5.74. The molecule has 0 unspecified atom stereocenters. The average Bonchev–Trinajstić information content (AvgIpc) is 3.16. The second kappa shape index (κ2) is 7.98. The van der Waals surface area contributed by atoms with Crippen LogP contribution in [-0.2, 0) is 0 Å². The summed E-state index contributed by atoms with van der Waals surface area (Å²) in [6, 6.07) is 3.76. The van der Waals surface area contributed by atoms with Crippen LogP contribution in [0, 0.1) is 0 Å². The Morgan fingerprint density at radius 1 is 1.32 bits per heavy atom. The molecule has 1 N–H and O–H groups in total. The predicted octanol–water partition coefficient (Wildman–Crippen LogP) is 1.20. The molecular formula is C17H24N6O2. The molecule has 2 aromatic rings. The maximum Gasteiger partial charge on any atom is 0.317 e. The fraction of sp³-hybridized carbons (Fsp3) is 0.471. The molecule has 8 nitrogen and oxygen atoms in total. The van der Waals surface area contributed by atoms with Gasteiger partial charge in [-0.3, -0.25) is 9.88 Å². The fourth-order valence-corrected chi connectivity index (χ4v) is 2.91. The molecule has 3 rings (SSSR count). The smallest absolute Gasteiger partial charge is 0.317 e. The van der Waals surface area contributed by atoms with Gasteiger partial charge in [-0.15, -0.1) is 0 Å². The number of piperazine rings is 1. The number of nitrogens with one attached hydrogen (secondary N) is 1. The van der Waals surface area contributed by atoms with E-state index < -0.39 is 0 Å². The molecule has 134 valence electrons. The van der Waals surface area contributed by atoms with Crippen LogP contribution in [0.5, 0.6) is 0 Å². The van der Waals surface area contributed by atoms with Crippen LogP contribution in [0.2, 0.25) is 0 Å². The van der Waals surface area contributed by atoms with E-state index in [1.807, 2.05) is 36.0 Å². The number of urea groups is 1. The molecule has 0 saturated carbocycles. The van der Waals surface area contributed by atoms with Gasteiger partial charge in [0.2, 0.25) is 0 Å². The Hall–Kier alpha value is -2.61. The van der Waals surface area contributed by atoms with Gasteiger partial charge in [-0.25, -0.2) is 9.78 Å². The van der Waals surface area contributed by atoms with Gasteiger partial charge in [-0.2, -0.15) is 0 Å². The normalized spacial score (nSPS) is 16.1. The van der Waals surface area contributed by atoms with Crippen LogP contribution in [-0.4, -0.2) is 72.6 Å². The molecule has 2 aromatic heterocycles. The number of carbonyl (C=O) groups excluding carboxylic acids is 1. The molecule has 0 aromatic carbocycles. The Morgan fingerprint density at radius 2 is 2.12 bits per heavy atom. The van der Waals surface area contributed by atoms with E-state index in [2.05, 4.69) is 20.2 Å². The zero-order chi connectivity index (χ0) is 17.6. The van der Waals surface area contributed by atoms with E-state index >= 15 is 0 Å². The zero-order valence-electron chi connectivity index (χ0n) is 14.6. The van der Waals surface area contributed by atoms with Crippen molar-refractivity contribution in [2.24, 2.45) is 0 Å². The van der Waals surface area contributed by atoms with Crippen molar-refractivity contribution in [2.75, 3.05) is 51.7 Å². The molecule has 0 bridgehead atoms. The number of rotatable bonds is 5. The summed E-state index contributed by atoms with van der Waals surface area (Å²) in [5, 5.41) is 3.02. The number of hydrogen-bond acceptors (Lipinski definition) is 6. The Morgan fingerprint density at radius 3 is 2.72 bits per heavy atom. The Kier molecular flexibility index (Phi) is 5.49. The summed E-state index contributed by atoms with van der Waals surface area (Å²) in [4.78, 5) is 26.9. The highest BCUT2D eigenvalue weighted by Gasteiger charge is 2.24. The van der Waals surface area contributed by atoms with E-state index in [-0.39, 0.29) is 12.1 Å². The lowest BCUT2D eigenvalue weighted by Crippen LogP contribution is -2.52. The third-order valence-electron chi connectivity index (χ3n) is 4.38. The minimum atomic E-state index is -0.0443. The van der Waals surface area contributed by atoms with Gasteiger partial charge in [0.05, 0.1) is 18.5 Å². The van der Waals surface area contributed by atoms with Crippen LogP contribution in [0.4, 0.5) is 10.6 Å². The van der Waals surface area contributed by atoms with Gasteiger partial charge in [0.25, 0.3) is 0 Å². The number of amides is 2. The summed E-state index contributed by atoms with van der Waals surface area (Å²) in [5.74, 6) is 1.70. The second-order valence-corrected chi connectivity index (χ2v) is 6.22. The van der Waals surface area contributed by atoms with Crippen molar-refractivity contribution in [2.45, 2.75) is 6.04 Å². The van der Waals surface area contributed by atoms with Crippen LogP contribution >= 0.6 is 0 Å². The van der Waals surface area contributed by atoms with Gasteiger partial charge in [-0.1, -0.05) is 0 Å². The SMILES string of the molecule is CN(C)[C@@H](CNC(=O)N1CCN(c2cnccn2)CC1)c1ccco1. The lowest BCUT2D eigenvalue weighted by molar-refractivity contribution is 0.186. The number of likely N-dealkylation sites (N-methyl/N-ethyl adjacent to an activating group) is 1. The quantitative estimate of drug-likeness (QED) is 0.878. The Labute approximate surface area is 147 Å². The van der Waals surface area contributed by atoms with Crippen LogP contribution in [0.3, 0.4) is 0 Å². The van der Waals surface area contributed by atoms with Crippen molar-refractivity contribution in [3.63, 3.8) is 0 Å². The highest BCUT2D eigenvalue weighted by atomic mass is 16.3. The van der Waals surface area contributed by atoms with E-state index in [1.165, 1.54) is 0 Å². The molecule has 0 spiro atoms. The molecular weight excluding hydrogens is 320 g/mol. The van der Waals surface area contributed by atoms with Crippen molar-refractivity contribution < 1.29 is 9.21 Å². The zero-order valence-corrected chi connectivity index (χ0v) is 14.6. The summed E-state index contributed by atoms with van der Waals surface area (Å²) in [5.41, 5.74) is 0. The molecule has 3 heterocycles. The van der Waals surface area contributed by atoms with Gasteiger partial charge in [0.1, 0.15) is 11.6 Å². The van der Waals surface area contributed by atoms with Crippen LogP contribution in [0.25, 0.3) is 0 Å². The van der Waals surface area contributed by atoms with E-state index in [1.54, 1.807) is 24.9 Å². The molecule has 1 saturated heterocycles. The second-order valence-electron chi connectivity index (χ2n) is 6.22. The molecule has 0 aliphatic carbocycles. The lowest BCUT2D eigenvalue weighted by Gasteiger charge is -2.35. The third-order valence-corrected chi connectivity index (χ3v) is 4.38. The molecule has 2 amide bonds. The lowest BCUT2D eigenvalue weighted by atomic mass is 10.2. The Bertz CT molecular complexity index is 653. The van der Waals surface area contributed by atoms with E-state index in [9.17, 15) is 4.79 Å². The first kappa shape index (κ1) is 17.2. The molecule has 25 heavy (non-hydrogen) atoms. The number of anilines is 1. The van der Waals surface area contributed by atoms with Crippen LogP contribution < -0.4 is 10.2 Å². The largest absolute Gasteiger partial charge is 0.468 e. The van der Waals surface area contributed by atoms with Crippen LogP contribution in [0.1, 0.15) is 11.8 Å². The average molecular weight is 344 g/mol. The van der Waals surface area contributed by atoms with Gasteiger partial charge < -0.3 is 19.5 Å². The molecule has 8 heteroatoms. The summed E-state index contributed by atoms with van der Waals surface area (Å²) in [7, 11) is 3.94. The number of carbonyl (C=O) groups is 1. The number of nitrogens with zero attached hydrogens (tertiary/aromatic N) is 5. The first-order valence-electron chi connectivity index (χ1n) is 8.38. The predicted molar refractivity (Wildman–Crippen MR) is 94.4 cm³/mol. The molecule has 1 fully saturated rings. The monoisotopic (exact) mass is 344 g/mol.